The minimum absolute atomic E-state index is 0.154. The summed E-state index contributed by atoms with van der Waals surface area (Å²) >= 11 is 6.08. The second-order valence-corrected chi connectivity index (χ2v) is 5.77. The molecule has 0 aliphatic carbocycles. The maximum atomic E-state index is 8.90. The highest BCUT2D eigenvalue weighted by molar-refractivity contribution is 6.30. The Morgan fingerprint density at radius 3 is 2.77 bits per heavy atom. The van der Waals surface area contributed by atoms with Crippen LogP contribution in [0.1, 0.15) is 11.1 Å². The average molecular weight is 315 g/mol. The minimum atomic E-state index is 0.154. The second kappa shape index (κ2) is 6.97. The molecule has 1 heterocycles. The monoisotopic (exact) mass is 314 g/mol. The summed E-state index contributed by atoms with van der Waals surface area (Å²) in [6.45, 7) is 2.31. The third-order valence-electron chi connectivity index (χ3n) is 3.72. The first-order valence-electron chi connectivity index (χ1n) is 7.40. The Balaban J connectivity index is 1.92. The van der Waals surface area contributed by atoms with E-state index in [-0.39, 0.29) is 6.61 Å². The lowest BCUT2D eigenvalue weighted by molar-refractivity contribution is 0.292. The summed E-state index contributed by atoms with van der Waals surface area (Å²) in [6.07, 6.45) is 2.18. The number of aliphatic hydroxyl groups is 1. The van der Waals surface area contributed by atoms with Gasteiger partial charge in [0.15, 0.2) is 0 Å². The van der Waals surface area contributed by atoms with E-state index in [2.05, 4.69) is 46.4 Å². The topological polar surface area (TPSA) is 37.2 Å². The van der Waals surface area contributed by atoms with Gasteiger partial charge in [-0.3, -0.25) is 0 Å². The third-order valence-corrected chi connectivity index (χ3v) is 3.95. The Morgan fingerprint density at radius 2 is 1.95 bits per heavy atom. The number of para-hydroxylation sites is 1. The molecule has 0 amide bonds. The molecular formula is C18H19ClN2O. The van der Waals surface area contributed by atoms with Crippen LogP contribution in [0.2, 0.25) is 5.02 Å². The number of aliphatic hydroxyl groups excluding tert-OH is 1. The van der Waals surface area contributed by atoms with Gasteiger partial charge in [0.2, 0.25) is 0 Å². The molecule has 22 heavy (non-hydrogen) atoms. The first-order chi connectivity index (χ1) is 10.8. The van der Waals surface area contributed by atoms with Crippen molar-refractivity contribution in [2.75, 3.05) is 13.2 Å². The van der Waals surface area contributed by atoms with Gasteiger partial charge in [-0.1, -0.05) is 41.9 Å². The molecule has 0 radical (unpaired) electrons. The van der Waals surface area contributed by atoms with Gasteiger partial charge in [0.05, 0.1) is 6.61 Å². The fourth-order valence-corrected chi connectivity index (χ4v) is 2.94. The van der Waals surface area contributed by atoms with Crippen LogP contribution < -0.4 is 5.32 Å². The van der Waals surface area contributed by atoms with Crippen LogP contribution in [0.3, 0.4) is 0 Å². The van der Waals surface area contributed by atoms with Gasteiger partial charge < -0.3 is 15.0 Å². The molecule has 0 saturated carbocycles. The van der Waals surface area contributed by atoms with Gasteiger partial charge in [-0.25, -0.2) is 0 Å². The maximum absolute atomic E-state index is 8.90. The van der Waals surface area contributed by atoms with Gasteiger partial charge in [-0.2, -0.15) is 0 Å². The molecule has 3 nitrogen and oxygen atoms in total. The Morgan fingerprint density at radius 1 is 1.09 bits per heavy atom. The summed E-state index contributed by atoms with van der Waals surface area (Å²) in [5.74, 6) is 0. The van der Waals surface area contributed by atoms with Crippen molar-refractivity contribution in [1.29, 1.82) is 0 Å². The zero-order valence-corrected chi connectivity index (χ0v) is 13.1. The predicted molar refractivity (Wildman–Crippen MR) is 91.3 cm³/mol. The largest absolute Gasteiger partial charge is 0.395 e. The van der Waals surface area contributed by atoms with E-state index in [1.807, 2.05) is 18.2 Å². The van der Waals surface area contributed by atoms with Crippen LogP contribution in [0.15, 0.2) is 54.7 Å². The van der Waals surface area contributed by atoms with E-state index in [0.717, 1.165) is 18.1 Å². The maximum Gasteiger partial charge on any atom is 0.0556 e. The van der Waals surface area contributed by atoms with Crippen LogP contribution in [0, 0.1) is 0 Å². The molecule has 0 spiro atoms. The lowest BCUT2D eigenvalue weighted by atomic mass is 10.2. The predicted octanol–water partition coefficient (Wildman–Crippen LogP) is 3.42. The molecule has 0 unspecified atom stereocenters. The lowest BCUT2D eigenvalue weighted by Crippen LogP contribution is -2.17. The number of benzene rings is 2. The van der Waals surface area contributed by atoms with Gasteiger partial charge in [0.1, 0.15) is 0 Å². The summed E-state index contributed by atoms with van der Waals surface area (Å²) in [4.78, 5) is 0. The third kappa shape index (κ3) is 3.33. The van der Waals surface area contributed by atoms with Crippen LogP contribution >= 0.6 is 11.6 Å². The number of halogens is 1. The van der Waals surface area contributed by atoms with Crippen molar-refractivity contribution in [1.82, 2.24) is 9.88 Å². The van der Waals surface area contributed by atoms with Crippen molar-refractivity contribution in [3.05, 3.63) is 70.9 Å². The van der Waals surface area contributed by atoms with Crippen molar-refractivity contribution in [2.45, 2.75) is 13.1 Å². The van der Waals surface area contributed by atoms with Crippen molar-refractivity contribution < 1.29 is 5.11 Å². The molecular weight excluding hydrogens is 296 g/mol. The zero-order valence-electron chi connectivity index (χ0n) is 12.3. The van der Waals surface area contributed by atoms with E-state index < -0.39 is 0 Å². The summed E-state index contributed by atoms with van der Waals surface area (Å²) in [5.41, 5.74) is 3.64. The molecule has 0 bridgehead atoms. The number of fused-ring (bicyclic) bond motifs is 1. The summed E-state index contributed by atoms with van der Waals surface area (Å²) in [7, 11) is 0. The molecule has 114 valence electrons. The molecule has 3 aromatic rings. The number of hydrogen-bond acceptors (Lipinski definition) is 2. The Hall–Kier alpha value is -1.81. The highest BCUT2D eigenvalue weighted by Crippen LogP contribution is 2.23. The summed E-state index contributed by atoms with van der Waals surface area (Å²) < 4.78 is 2.25. The number of nitrogens with one attached hydrogen (secondary N) is 1. The first kappa shape index (κ1) is 15.1. The standard InChI is InChI=1S/C18H19ClN2O/c19-16-5-3-4-14(10-16)12-21-13-15(11-20-8-9-22)17-6-1-2-7-18(17)21/h1-7,10,13,20,22H,8-9,11-12H2. The van der Waals surface area contributed by atoms with Crippen molar-refractivity contribution in [2.24, 2.45) is 0 Å². The van der Waals surface area contributed by atoms with E-state index in [0.29, 0.717) is 6.54 Å². The number of aromatic nitrogens is 1. The fraction of sp³-hybridized carbons (Fsp3) is 0.222. The summed E-state index contributed by atoms with van der Waals surface area (Å²) in [5, 5.41) is 14.2. The zero-order chi connectivity index (χ0) is 15.4. The quantitative estimate of drug-likeness (QED) is 0.684. The number of hydrogen-bond donors (Lipinski definition) is 2. The Bertz CT molecular complexity index is 767. The molecule has 2 N–H and O–H groups in total. The van der Waals surface area contributed by atoms with Crippen LogP contribution in [0.5, 0.6) is 0 Å². The molecule has 0 atom stereocenters. The molecule has 0 aliphatic heterocycles. The number of nitrogens with zero attached hydrogens (tertiary/aromatic N) is 1. The molecule has 4 heteroatoms. The highest BCUT2D eigenvalue weighted by Gasteiger charge is 2.08. The SMILES string of the molecule is OCCNCc1cn(Cc2cccc(Cl)c2)c2ccccc12. The van der Waals surface area contributed by atoms with Crippen LogP contribution in [-0.2, 0) is 13.1 Å². The normalized spacial score (nSPS) is 11.2. The second-order valence-electron chi connectivity index (χ2n) is 5.33. The average Bonchev–Trinajstić information content (AvgIpc) is 2.86. The minimum Gasteiger partial charge on any atom is -0.395 e. The smallest absolute Gasteiger partial charge is 0.0556 e. The van der Waals surface area contributed by atoms with E-state index in [1.165, 1.54) is 22.0 Å². The van der Waals surface area contributed by atoms with Crippen LogP contribution in [0.4, 0.5) is 0 Å². The molecule has 2 aromatic carbocycles. The molecule has 1 aromatic heterocycles. The Kier molecular flexibility index (Phi) is 4.78. The van der Waals surface area contributed by atoms with Gasteiger partial charge in [-0.15, -0.1) is 0 Å². The molecule has 0 aliphatic rings. The van der Waals surface area contributed by atoms with Gasteiger partial charge >= 0.3 is 0 Å². The van der Waals surface area contributed by atoms with Crippen LogP contribution in [-0.4, -0.2) is 22.8 Å². The lowest BCUT2D eigenvalue weighted by Gasteiger charge is -2.06. The Labute approximate surface area is 135 Å². The van der Waals surface area contributed by atoms with E-state index in [1.54, 1.807) is 0 Å². The van der Waals surface area contributed by atoms with Gasteiger partial charge in [0.25, 0.3) is 0 Å². The van der Waals surface area contributed by atoms with E-state index >= 15 is 0 Å². The molecule has 0 saturated heterocycles. The van der Waals surface area contributed by atoms with Crippen LogP contribution in [0.25, 0.3) is 10.9 Å². The van der Waals surface area contributed by atoms with E-state index in [4.69, 9.17) is 16.7 Å². The van der Waals surface area contributed by atoms with Gasteiger partial charge in [-0.05, 0) is 29.3 Å². The molecule has 0 fully saturated rings. The van der Waals surface area contributed by atoms with Crippen molar-refractivity contribution >= 4 is 22.5 Å². The highest BCUT2D eigenvalue weighted by atomic mass is 35.5. The van der Waals surface area contributed by atoms with Gasteiger partial charge in [0, 0.05) is 41.8 Å². The number of rotatable bonds is 6. The van der Waals surface area contributed by atoms with Crippen molar-refractivity contribution in [3.63, 3.8) is 0 Å². The molecule has 3 rings (SSSR count). The van der Waals surface area contributed by atoms with Crippen molar-refractivity contribution in [3.8, 4) is 0 Å². The van der Waals surface area contributed by atoms with E-state index in [9.17, 15) is 0 Å². The first-order valence-corrected chi connectivity index (χ1v) is 7.78. The summed E-state index contributed by atoms with van der Waals surface area (Å²) in [6, 6.07) is 16.3. The fourth-order valence-electron chi connectivity index (χ4n) is 2.73.